The second kappa shape index (κ2) is 10.3. The van der Waals surface area contributed by atoms with E-state index in [1.807, 2.05) is 0 Å². The van der Waals surface area contributed by atoms with Crippen LogP contribution in [0.4, 0.5) is 11.4 Å². The van der Waals surface area contributed by atoms with Crippen LogP contribution in [0.15, 0.2) is 77.7 Å². The third-order valence-corrected chi connectivity index (χ3v) is 5.76. The average molecular weight is 452 g/mol. The lowest BCUT2D eigenvalue weighted by Crippen LogP contribution is -2.20. The lowest BCUT2D eigenvalue weighted by Gasteiger charge is -2.10. The van der Waals surface area contributed by atoms with Gasteiger partial charge in [-0.25, -0.2) is 8.42 Å². The molecule has 0 aliphatic carbocycles. The molecule has 0 bridgehead atoms. The predicted molar refractivity (Wildman–Crippen MR) is 120 cm³/mol. The Bertz CT molecular complexity index is 1200. The summed E-state index contributed by atoms with van der Waals surface area (Å²) in [5, 5.41) is 11.4. The van der Waals surface area contributed by atoms with Gasteiger partial charge in [0, 0.05) is 11.4 Å². The molecule has 164 valence electrons. The number of nitrogens with zero attached hydrogens (tertiary/aromatic N) is 1. The number of hydrogen-bond acceptors (Lipinski definition) is 6. The number of anilines is 2. The van der Waals surface area contributed by atoms with Crippen LogP contribution in [0.1, 0.15) is 5.56 Å². The zero-order valence-electron chi connectivity index (χ0n) is 17.2. The monoisotopic (exact) mass is 451 g/mol. The summed E-state index contributed by atoms with van der Waals surface area (Å²) in [5.41, 5.74) is 1.85. The first-order chi connectivity index (χ1) is 15.4. The highest BCUT2D eigenvalue weighted by Gasteiger charge is 2.14. The summed E-state index contributed by atoms with van der Waals surface area (Å²) in [6.07, 6.45) is 0.304. The number of hydrogen-bond donors (Lipinski definition) is 2. The average Bonchev–Trinajstić information content (AvgIpc) is 2.80. The maximum atomic E-state index is 12.5. The molecule has 8 nitrogen and oxygen atoms in total. The molecule has 3 aromatic rings. The number of sulfonamides is 1. The molecule has 0 unspecified atom stereocenters. The molecule has 0 saturated carbocycles. The van der Waals surface area contributed by atoms with E-state index in [2.05, 4.69) is 16.1 Å². The van der Waals surface area contributed by atoms with Gasteiger partial charge in [-0.3, -0.25) is 9.52 Å². The van der Waals surface area contributed by atoms with Gasteiger partial charge in [-0.15, -0.1) is 0 Å². The van der Waals surface area contributed by atoms with Gasteiger partial charge < -0.3 is 14.8 Å². The van der Waals surface area contributed by atoms with Crippen molar-refractivity contribution in [2.24, 2.45) is 0 Å². The molecule has 0 atom stereocenters. The van der Waals surface area contributed by atoms with Crippen LogP contribution in [0.25, 0.3) is 0 Å². The fourth-order valence-electron chi connectivity index (χ4n) is 2.73. The first-order valence-corrected chi connectivity index (χ1v) is 11.0. The van der Waals surface area contributed by atoms with Gasteiger partial charge in [0.15, 0.2) is 6.61 Å². The molecule has 0 saturated heterocycles. The van der Waals surface area contributed by atoms with Crippen molar-refractivity contribution >= 4 is 27.3 Å². The van der Waals surface area contributed by atoms with Gasteiger partial charge in [-0.05, 0) is 66.2 Å². The SMILES string of the molecule is COc1ccc(NS(=O)(=O)c2ccc(OCC(=O)Nc3ccc(CC#N)cc3)cc2)cc1. The molecular formula is C23H21N3O5S. The van der Waals surface area contributed by atoms with Crippen molar-refractivity contribution in [3.63, 3.8) is 0 Å². The zero-order chi connectivity index (χ0) is 23.0. The number of nitrogens with one attached hydrogen (secondary N) is 2. The van der Waals surface area contributed by atoms with Gasteiger partial charge in [0.25, 0.3) is 15.9 Å². The van der Waals surface area contributed by atoms with Crippen LogP contribution in [-0.4, -0.2) is 28.0 Å². The molecule has 0 heterocycles. The Morgan fingerprint density at radius 1 is 0.906 bits per heavy atom. The molecule has 9 heteroatoms. The van der Waals surface area contributed by atoms with E-state index in [-0.39, 0.29) is 17.4 Å². The highest BCUT2D eigenvalue weighted by molar-refractivity contribution is 7.92. The Kier molecular flexibility index (Phi) is 7.31. The smallest absolute Gasteiger partial charge is 0.262 e. The van der Waals surface area contributed by atoms with Crippen molar-refractivity contribution in [1.29, 1.82) is 5.26 Å². The van der Waals surface area contributed by atoms with Crippen molar-refractivity contribution in [3.05, 3.63) is 78.4 Å². The highest BCUT2D eigenvalue weighted by Crippen LogP contribution is 2.21. The normalized spacial score (nSPS) is 10.6. The number of rotatable bonds is 9. The number of methoxy groups -OCH3 is 1. The number of carbonyl (C=O) groups is 1. The molecular weight excluding hydrogens is 430 g/mol. The van der Waals surface area contributed by atoms with Crippen LogP contribution in [0.5, 0.6) is 11.5 Å². The molecule has 0 aliphatic heterocycles. The van der Waals surface area contributed by atoms with Gasteiger partial charge in [0.1, 0.15) is 11.5 Å². The summed E-state index contributed by atoms with van der Waals surface area (Å²) < 4.78 is 38.0. The Balaban J connectivity index is 1.54. The van der Waals surface area contributed by atoms with E-state index in [0.29, 0.717) is 29.3 Å². The third kappa shape index (κ3) is 6.23. The van der Waals surface area contributed by atoms with E-state index in [1.165, 1.54) is 31.4 Å². The zero-order valence-corrected chi connectivity index (χ0v) is 18.1. The molecule has 2 N–H and O–H groups in total. The van der Waals surface area contributed by atoms with Crippen molar-refractivity contribution < 1.29 is 22.7 Å². The summed E-state index contributed by atoms with van der Waals surface area (Å²) in [6, 6.07) is 21.3. The van der Waals surface area contributed by atoms with Crippen molar-refractivity contribution in [2.45, 2.75) is 11.3 Å². The highest BCUT2D eigenvalue weighted by atomic mass is 32.2. The van der Waals surface area contributed by atoms with E-state index >= 15 is 0 Å². The summed E-state index contributed by atoms with van der Waals surface area (Å²) in [4.78, 5) is 12.1. The molecule has 1 amide bonds. The maximum absolute atomic E-state index is 12.5. The minimum absolute atomic E-state index is 0.0579. The van der Waals surface area contributed by atoms with Gasteiger partial charge >= 0.3 is 0 Å². The Morgan fingerprint density at radius 3 is 2.09 bits per heavy atom. The molecule has 0 spiro atoms. The number of carbonyl (C=O) groups excluding carboxylic acids is 1. The van der Waals surface area contributed by atoms with Crippen molar-refractivity contribution in [3.8, 4) is 17.6 Å². The van der Waals surface area contributed by atoms with Gasteiger partial charge in [-0.1, -0.05) is 12.1 Å². The quantitative estimate of drug-likeness (QED) is 0.513. The Morgan fingerprint density at radius 2 is 1.50 bits per heavy atom. The maximum Gasteiger partial charge on any atom is 0.262 e. The minimum atomic E-state index is -3.78. The molecule has 0 radical (unpaired) electrons. The van der Waals surface area contributed by atoms with E-state index in [9.17, 15) is 13.2 Å². The fraction of sp³-hybridized carbons (Fsp3) is 0.130. The lowest BCUT2D eigenvalue weighted by atomic mass is 10.1. The third-order valence-electron chi connectivity index (χ3n) is 4.37. The van der Waals surface area contributed by atoms with Crippen LogP contribution in [0.2, 0.25) is 0 Å². The van der Waals surface area contributed by atoms with Crippen LogP contribution in [-0.2, 0) is 21.2 Å². The fourth-order valence-corrected chi connectivity index (χ4v) is 3.79. The van der Waals surface area contributed by atoms with E-state index < -0.39 is 10.0 Å². The largest absolute Gasteiger partial charge is 0.497 e. The second-order valence-electron chi connectivity index (χ2n) is 6.67. The Hall–Kier alpha value is -4.03. The standard InChI is InChI=1S/C23H21N3O5S/c1-30-20-8-6-19(7-9-20)26-32(28,29)22-12-10-21(11-13-22)31-16-23(27)25-18-4-2-17(3-5-18)14-15-24/h2-13,26H,14,16H2,1H3,(H,25,27). The molecule has 0 fully saturated rings. The number of ether oxygens (including phenoxy) is 2. The molecule has 0 aromatic heterocycles. The minimum Gasteiger partial charge on any atom is -0.497 e. The summed E-state index contributed by atoms with van der Waals surface area (Å²) in [5.74, 6) is 0.610. The van der Waals surface area contributed by atoms with E-state index in [1.54, 1.807) is 48.5 Å². The predicted octanol–water partition coefficient (Wildman–Crippen LogP) is 3.58. The summed E-state index contributed by atoms with van der Waals surface area (Å²) >= 11 is 0. The Labute approximate surface area is 186 Å². The van der Waals surface area contributed by atoms with Crippen molar-refractivity contribution in [2.75, 3.05) is 23.8 Å². The first-order valence-electron chi connectivity index (χ1n) is 9.55. The van der Waals surface area contributed by atoms with E-state index in [0.717, 1.165) is 5.56 Å². The molecule has 32 heavy (non-hydrogen) atoms. The summed E-state index contributed by atoms with van der Waals surface area (Å²) in [6.45, 7) is -0.240. The summed E-state index contributed by atoms with van der Waals surface area (Å²) in [7, 11) is -2.25. The number of benzene rings is 3. The number of amides is 1. The van der Waals surface area contributed by atoms with Gasteiger partial charge in [0.2, 0.25) is 0 Å². The molecule has 3 aromatic carbocycles. The van der Waals surface area contributed by atoms with Crippen LogP contribution >= 0.6 is 0 Å². The van der Waals surface area contributed by atoms with Crippen LogP contribution < -0.4 is 19.5 Å². The van der Waals surface area contributed by atoms with Gasteiger partial charge in [0.05, 0.1) is 24.5 Å². The van der Waals surface area contributed by atoms with Crippen LogP contribution in [0, 0.1) is 11.3 Å². The lowest BCUT2D eigenvalue weighted by molar-refractivity contribution is -0.118. The van der Waals surface area contributed by atoms with Gasteiger partial charge in [-0.2, -0.15) is 5.26 Å². The van der Waals surface area contributed by atoms with E-state index in [4.69, 9.17) is 14.7 Å². The first kappa shape index (κ1) is 22.7. The topological polar surface area (TPSA) is 118 Å². The molecule has 3 rings (SSSR count). The molecule has 0 aliphatic rings. The van der Waals surface area contributed by atoms with Crippen LogP contribution in [0.3, 0.4) is 0 Å². The second-order valence-corrected chi connectivity index (χ2v) is 8.36. The van der Waals surface area contributed by atoms with Crippen molar-refractivity contribution in [1.82, 2.24) is 0 Å². The number of nitriles is 1.